The van der Waals surface area contributed by atoms with Crippen molar-refractivity contribution in [2.24, 2.45) is 0 Å². The summed E-state index contributed by atoms with van der Waals surface area (Å²) in [5.41, 5.74) is 2.69. The summed E-state index contributed by atoms with van der Waals surface area (Å²) < 4.78 is 7.12. The van der Waals surface area contributed by atoms with Crippen molar-refractivity contribution in [1.29, 1.82) is 0 Å². The van der Waals surface area contributed by atoms with E-state index in [9.17, 15) is 0 Å². The smallest absolute Gasteiger partial charge is 0.279 e. The van der Waals surface area contributed by atoms with Gasteiger partial charge in [0.1, 0.15) is 5.75 Å². The van der Waals surface area contributed by atoms with E-state index in [0.717, 1.165) is 41.9 Å². The third kappa shape index (κ3) is 4.75. The van der Waals surface area contributed by atoms with Gasteiger partial charge in [0.25, 0.3) is 5.19 Å². The summed E-state index contributed by atoms with van der Waals surface area (Å²) in [5, 5.41) is 12.5. The molecule has 160 valence electrons. The second-order valence-corrected chi connectivity index (χ2v) is 9.22. The normalized spacial score (nSPS) is 14.9. The van der Waals surface area contributed by atoms with Crippen molar-refractivity contribution in [3.05, 3.63) is 60.4 Å². The number of aromatic nitrogens is 5. The van der Waals surface area contributed by atoms with E-state index in [1.807, 2.05) is 18.2 Å². The molecule has 2 aromatic carbocycles. The highest BCUT2D eigenvalue weighted by Gasteiger charge is 2.45. The molecule has 0 unspecified atom stereocenters. The summed E-state index contributed by atoms with van der Waals surface area (Å²) in [4.78, 5) is 8.73. The van der Waals surface area contributed by atoms with Gasteiger partial charge >= 0.3 is 0 Å². The van der Waals surface area contributed by atoms with Crippen molar-refractivity contribution in [3.8, 4) is 10.9 Å². The van der Waals surface area contributed by atoms with Crippen molar-refractivity contribution < 1.29 is 4.74 Å². The summed E-state index contributed by atoms with van der Waals surface area (Å²) in [6, 6.07) is 16.6. The Morgan fingerprint density at radius 1 is 1.13 bits per heavy atom. The number of benzene rings is 2. The highest BCUT2D eigenvalue weighted by molar-refractivity contribution is 7.20. The monoisotopic (exact) mass is 434 g/mol. The molecule has 0 spiro atoms. The zero-order valence-corrected chi connectivity index (χ0v) is 18.5. The van der Waals surface area contributed by atoms with Gasteiger partial charge in [-0.2, -0.15) is 4.80 Å². The predicted octanol–water partition coefficient (Wildman–Crippen LogP) is 4.56. The van der Waals surface area contributed by atoms with Gasteiger partial charge in [-0.25, -0.2) is 4.98 Å². The molecule has 2 aromatic heterocycles. The minimum atomic E-state index is 0.353. The van der Waals surface area contributed by atoms with Crippen LogP contribution in [0.4, 0.5) is 0 Å². The molecule has 0 radical (unpaired) electrons. The van der Waals surface area contributed by atoms with Gasteiger partial charge in [0, 0.05) is 12.1 Å². The highest BCUT2D eigenvalue weighted by atomic mass is 32.1. The molecule has 0 aliphatic heterocycles. The molecule has 1 aliphatic carbocycles. The third-order valence-corrected chi connectivity index (χ3v) is 7.08. The summed E-state index contributed by atoms with van der Waals surface area (Å²) in [6.07, 6.45) is 7.35. The number of hydrogen-bond acceptors (Lipinski definition) is 7. The van der Waals surface area contributed by atoms with E-state index in [1.54, 1.807) is 16.1 Å². The van der Waals surface area contributed by atoms with Crippen molar-refractivity contribution in [1.82, 2.24) is 30.1 Å². The number of nitrogens with zero attached hydrogens (tertiary/aromatic N) is 6. The van der Waals surface area contributed by atoms with Crippen LogP contribution in [0.5, 0.6) is 10.9 Å². The first kappa shape index (κ1) is 20.1. The minimum absolute atomic E-state index is 0.353. The number of thiazole rings is 1. The first-order valence-corrected chi connectivity index (χ1v) is 11.6. The van der Waals surface area contributed by atoms with Crippen LogP contribution in [0.2, 0.25) is 0 Å². The molecule has 0 bridgehead atoms. The number of rotatable bonds is 10. The van der Waals surface area contributed by atoms with E-state index < -0.39 is 0 Å². The molecular weight excluding hydrogens is 408 g/mol. The zero-order chi connectivity index (χ0) is 21.1. The number of para-hydroxylation sites is 1. The lowest BCUT2D eigenvalue weighted by Crippen LogP contribution is -2.35. The van der Waals surface area contributed by atoms with Crippen LogP contribution in [0.3, 0.4) is 0 Å². The van der Waals surface area contributed by atoms with E-state index in [2.05, 4.69) is 62.7 Å². The maximum atomic E-state index is 5.97. The van der Waals surface area contributed by atoms with Crippen LogP contribution in [0.25, 0.3) is 10.2 Å². The molecule has 7 nitrogen and oxygen atoms in total. The zero-order valence-electron chi connectivity index (χ0n) is 17.6. The number of ether oxygens (including phenoxy) is 1. The van der Waals surface area contributed by atoms with Crippen molar-refractivity contribution in [2.75, 3.05) is 13.6 Å². The van der Waals surface area contributed by atoms with Gasteiger partial charge in [0.2, 0.25) is 0 Å². The molecule has 0 atom stereocenters. The first-order valence-electron chi connectivity index (χ1n) is 10.7. The van der Waals surface area contributed by atoms with E-state index in [-0.39, 0.29) is 0 Å². The summed E-state index contributed by atoms with van der Waals surface area (Å²) in [6.45, 7) is 1.87. The lowest BCUT2D eigenvalue weighted by molar-refractivity contribution is 0.201. The predicted molar refractivity (Wildman–Crippen MR) is 121 cm³/mol. The van der Waals surface area contributed by atoms with Gasteiger partial charge < -0.3 is 9.64 Å². The molecule has 8 heteroatoms. The molecule has 0 N–H and O–H groups in total. The van der Waals surface area contributed by atoms with Gasteiger partial charge in [0.05, 0.1) is 16.8 Å². The van der Waals surface area contributed by atoms with Gasteiger partial charge in [-0.05, 0) is 74.2 Å². The molecule has 1 aliphatic rings. The van der Waals surface area contributed by atoms with Crippen LogP contribution < -0.4 is 4.74 Å². The fraction of sp³-hybridized carbons (Fsp3) is 0.391. The number of aryl methyl sites for hydroxylation is 2. The van der Waals surface area contributed by atoms with Gasteiger partial charge in [-0.1, -0.05) is 35.6 Å². The number of hydrogen-bond donors (Lipinski definition) is 0. The Hall–Kier alpha value is -2.84. The second-order valence-electron chi connectivity index (χ2n) is 8.22. The Balaban J connectivity index is 1.12. The fourth-order valence-corrected chi connectivity index (χ4v) is 4.88. The standard InChI is InChI=1S/C23H26N6OS/c1-28(15-4-16-29-25-17-24-27-29)23(13-14-23)12-11-18-7-9-19(10-8-18)30-22-26-20-5-2-3-6-21(20)31-22/h2-3,5-10,17H,4,11-16H2,1H3. The molecule has 1 saturated carbocycles. The highest BCUT2D eigenvalue weighted by Crippen LogP contribution is 2.44. The van der Waals surface area contributed by atoms with Crippen LogP contribution in [-0.4, -0.2) is 49.2 Å². The molecular formula is C23H26N6OS. The van der Waals surface area contributed by atoms with Crippen LogP contribution in [0.15, 0.2) is 54.9 Å². The van der Waals surface area contributed by atoms with E-state index >= 15 is 0 Å². The van der Waals surface area contributed by atoms with Crippen molar-refractivity contribution in [3.63, 3.8) is 0 Å². The average Bonchev–Trinajstić information content (AvgIpc) is 3.19. The van der Waals surface area contributed by atoms with Crippen LogP contribution in [0, 0.1) is 0 Å². The topological polar surface area (TPSA) is 69.0 Å². The SMILES string of the molecule is CN(CCCn1ncnn1)C1(CCc2ccc(Oc3nc4ccccc4s3)cc2)CC1. The Bertz CT molecular complexity index is 1090. The molecule has 31 heavy (non-hydrogen) atoms. The second kappa shape index (κ2) is 8.72. The van der Waals surface area contributed by atoms with E-state index in [4.69, 9.17) is 4.74 Å². The van der Waals surface area contributed by atoms with Crippen molar-refractivity contribution in [2.45, 2.75) is 44.2 Å². The molecule has 1 fully saturated rings. The number of tetrazole rings is 1. The van der Waals surface area contributed by atoms with Gasteiger partial charge in [-0.15, -0.1) is 10.2 Å². The molecule has 0 amide bonds. The molecule has 0 saturated heterocycles. The Kier molecular flexibility index (Phi) is 5.65. The number of fused-ring (bicyclic) bond motifs is 1. The van der Waals surface area contributed by atoms with Gasteiger partial charge in [0.15, 0.2) is 6.33 Å². The third-order valence-electron chi connectivity index (χ3n) is 6.16. The quantitative estimate of drug-likeness (QED) is 0.364. The van der Waals surface area contributed by atoms with E-state index in [0.29, 0.717) is 10.7 Å². The lowest BCUT2D eigenvalue weighted by atomic mass is 10.0. The lowest BCUT2D eigenvalue weighted by Gasteiger charge is -2.28. The van der Waals surface area contributed by atoms with Crippen molar-refractivity contribution >= 4 is 21.6 Å². The van der Waals surface area contributed by atoms with Crippen LogP contribution in [0.1, 0.15) is 31.2 Å². The van der Waals surface area contributed by atoms with Crippen LogP contribution >= 0.6 is 11.3 Å². The maximum absolute atomic E-state index is 5.97. The fourth-order valence-electron chi connectivity index (χ4n) is 4.04. The summed E-state index contributed by atoms with van der Waals surface area (Å²) in [7, 11) is 2.25. The summed E-state index contributed by atoms with van der Waals surface area (Å²) >= 11 is 1.58. The summed E-state index contributed by atoms with van der Waals surface area (Å²) in [5.74, 6) is 0.836. The maximum Gasteiger partial charge on any atom is 0.279 e. The molecule has 2 heterocycles. The van der Waals surface area contributed by atoms with Crippen LogP contribution in [-0.2, 0) is 13.0 Å². The Morgan fingerprint density at radius 3 is 2.71 bits per heavy atom. The largest absolute Gasteiger partial charge is 0.431 e. The van der Waals surface area contributed by atoms with Gasteiger partial charge in [-0.3, -0.25) is 0 Å². The van der Waals surface area contributed by atoms with E-state index in [1.165, 1.54) is 31.2 Å². The molecule has 4 aromatic rings. The Labute approximate surface area is 185 Å². The first-order chi connectivity index (χ1) is 15.2. The minimum Gasteiger partial charge on any atom is -0.431 e. The average molecular weight is 435 g/mol. The Morgan fingerprint density at radius 2 is 1.97 bits per heavy atom. The molecule has 5 rings (SSSR count).